The van der Waals surface area contributed by atoms with Crippen LogP contribution in [0.3, 0.4) is 0 Å². The summed E-state index contributed by atoms with van der Waals surface area (Å²) in [7, 11) is 2.72. The number of hydrogen-bond acceptors (Lipinski definition) is 4. The van der Waals surface area contributed by atoms with E-state index in [-0.39, 0.29) is 22.9 Å². The predicted octanol–water partition coefficient (Wildman–Crippen LogP) is 2.08. The molecule has 1 aromatic rings. The Morgan fingerprint density at radius 3 is 2.57 bits per heavy atom. The van der Waals surface area contributed by atoms with Crippen molar-refractivity contribution in [2.75, 3.05) is 26.1 Å². The van der Waals surface area contributed by atoms with Crippen LogP contribution in [0.25, 0.3) is 0 Å². The number of anilines is 1. The third-order valence-corrected chi connectivity index (χ3v) is 2.81. The zero-order chi connectivity index (χ0) is 16.0. The molecule has 0 aromatic heterocycles. The molecule has 1 atom stereocenters. The van der Waals surface area contributed by atoms with E-state index in [1.807, 2.05) is 0 Å². The Balaban J connectivity index is 2.89. The number of carbonyl (C=O) groups excluding carboxylic acids is 2. The first-order valence-corrected chi connectivity index (χ1v) is 6.34. The molecule has 6 nitrogen and oxygen atoms in total. The number of urea groups is 1. The molecule has 2 amide bonds. The fourth-order valence-corrected chi connectivity index (χ4v) is 1.72. The minimum Gasteiger partial charge on any atom is -0.465 e. The van der Waals surface area contributed by atoms with Crippen molar-refractivity contribution in [3.63, 3.8) is 0 Å². The topological polar surface area (TPSA) is 76.7 Å². The van der Waals surface area contributed by atoms with Gasteiger partial charge in [0, 0.05) is 18.4 Å². The van der Waals surface area contributed by atoms with E-state index in [1.54, 1.807) is 6.92 Å². The molecule has 0 spiro atoms. The summed E-state index contributed by atoms with van der Waals surface area (Å²) in [5, 5.41) is 5.13. The average molecular weight is 298 g/mol. The Bertz CT molecular complexity index is 534. The van der Waals surface area contributed by atoms with E-state index in [9.17, 15) is 14.0 Å². The third kappa shape index (κ3) is 4.71. The Kier molecular flexibility index (Phi) is 6.10. The van der Waals surface area contributed by atoms with Gasteiger partial charge in [0.1, 0.15) is 5.82 Å². The first-order valence-electron chi connectivity index (χ1n) is 6.34. The Hall–Kier alpha value is -2.15. The van der Waals surface area contributed by atoms with Crippen molar-refractivity contribution >= 4 is 17.7 Å². The van der Waals surface area contributed by atoms with Crippen molar-refractivity contribution in [2.45, 2.75) is 19.9 Å². The lowest BCUT2D eigenvalue weighted by molar-refractivity contribution is 0.0600. The molecule has 0 aliphatic carbocycles. The van der Waals surface area contributed by atoms with E-state index in [1.165, 1.54) is 27.2 Å². The Labute approximate surface area is 122 Å². The standard InChI is InChI=1S/C14H19FN2O4/c1-8(7-20-3)16-14(19)17-12-6-10(13(18)21-4)5-11(15)9(12)2/h5-6,8H,7H2,1-4H3,(H2,16,17,19)/t8-/m1/s1. The predicted molar refractivity (Wildman–Crippen MR) is 76.0 cm³/mol. The van der Waals surface area contributed by atoms with Crippen molar-refractivity contribution in [1.29, 1.82) is 0 Å². The van der Waals surface area contributed by atoms with Gasteiger partial charge >= 0.3 is 12.0 Å². The number of hydrogen-bond donors (Lipinski definition) is 2. The molecule has 116 valence electrons. The van der Waals surface area contributed by atoms with Crippen LogP contribution in [0, 0.1) is 12.7 Å². The van der Waals surface area contributed by atoms with Gasteiger partial charge in [-0.15, -0.1) is 0 Å². The van der Waals surface area contributed by atoms with Gasteiger partial charge in [0.2, 0.25) is 0 Å². The zero-order valence-corrected chi connectivity index (χ0v) is 12.5. The Morgan fingerprint density at radius 2 is 2.00 bits per heavy atom. The summed E-state index contributed by atoms with van der Waals surface area (Å²) in [5.74, 6) is -1.27. The van der Waals surface area contributed by atoms with E-state index >= 15 is 0 Å². The number of esters is 1. The van der Waals surface area contributed by atoms with Crippen LogP contribution in [0.4, 0.5) is 14.9 Å². The maximum atomic E-state index is 13.8. The fraction of sp³-hybridized carbons (Fsp3) is 0.429. The molecule has 21 heavy (non-hydrogen) atoms. The van der Waals surface area contributed by atoms with Gasteiger partial charge in [0.15, 0.2) is 0 Å². The molecule has 0 aliphatic rings. The van der Waals surface area contributed by atoms with Gasteiger partial charge < -0.3 is 20.1 Å². The van der Waals surface area contributed by atoms with E-state index < -0.39 is 17.8 Å². The number of amides is 2. The summed E-state index contributed by atoms with van der Waals surface area (Å²) >= 11 is 0. The molecule has 0 saturated heterocycles. The second kappa shape index (κ2) is 7.58. The molecular weight excluding hydrogens is 279 g/mol. The van der Waals surface area contributed by atoms with E-state index in [4.69, 9.17) is 4.74 Å². The van der Waals surface area contributed by atoms with Crippen LogP contribution < -0.4 is 10.6 Å². The van der Waals surface area contributed by atoms with Crippen molar-refractivity contribution < 1.29 is 23.5 Å². The highest BCUT2D eigenvalue weighted by atomic mass is 19.1. The number of rotatable bonds is 5. The molecular formula is C14H19FN2O4. The first-order chi connectivity index (χ1) is 9.88. The SMILES string of the molecule is COC[C@@H](C)NC(=O)Nc1cc(C(=O)OC)cc(F)c1C. The molecule has 7 heteroatoms. The molecule has 0 radical (unpaired) electrons. The van der Waals surface area contributed by atoms with Crippen LogP contribution >= 0.6 is 0 Å². The van der Waals surface area contributed by atoms with E-state index in [0.29, 0.717) is 6.61 Å². The number of carbonyl (C=O) groups is 2. The summed E-state index contributed by atoms with van der Waals surface area (Å²) in [6.45, 7) is 3.62. The minimum absolute atomic E-state index is 0.0286. The summed E-state index contributed by atoms with van der Waals surface area (Å²) in [6.07, 6.45) is 0. The highest BCUT2D eigenvalue weighted by Gasteiger charge is 2.15. The van der Waals surface area contributed by atoms with Gasteiger partial charge in [0.05, 0.1) is 25.3 Å². The molecule has 1 rings (SSSR count). The minimum atomic E-state index is -0.676. The first kappa shape index (κ1) is 16.9. The summed E-state index contributed by atoms with van der Waals surface area (Å²) in [5.41, 5.74) is 0.468. The number of ether oxygens (including phenoxy) is 2. The van der Waals surface area contributed by atoms with Crippen LogP contribution in [0.5, 0.6) is 0 Å². The molecule has 0 saturated carbocycles. The van der Waals surface area contributed by atoms with Crippen LogP contribution in [0.15, 0.2) is 12.1 Å². The van der Waals surface area contributed by atoms with Gasteiger partial charge in [-0.1, -0.05) is 0 Å². The summed E-state index contributed by atoms with van der Waals surface area (Å²) < 4.78 is 23.2. The van der Waals surface area contributed by atoms with E-state index in [0.717, 1.165) is 6.07 Å². The van der Waals surface area contributed by atoms with Crippen LogP contribution in [-0.4, -0.2) is 38.9 Å². The number of benzene rings is 1. The smallest absolute Gasteiger partial charge is 0.338 e. The lowest BCUT2D eigenvalue weighted by Gasteiger charge is -2.15. The van der Waals surface area contributed by atoms with Crippen molar-refractivity contribution in [1.82, 2.24) is 5.32 Å². The lowest BCUT2D eigenvalue weighted by Crippen LogP contribution is -2.38. The number of methoxy groups -OCH3 is 2. The van der Waals surface area contributed by atoms with Crippen molar-refractivity contribution in [2.24, 2.45) is 0 Å². The van der Waals surface area contributed by atoms with Gasteiger partial charge in [-0.25, -0.2) is 14.0 Å². The van der Waals surface area contributed by atoms with Crippen LogP contribution in [0.1, 0.15) is 22.8 Å². The maximum absolute atomic E-state index is 13.8. The molecule has 0 heterocycles. The zero-order valence-electron chi connectivity index (χ0n) is 12.5. The second-order valence-corrected chi connectivity index (χ2v) is 4.58. The van der Waals surface area contributed by atoms with Gasteiger partial charge in [0.25, 0.3) is 0 Å². The molecule has 0 fully saturated rings. The normalized spacial score (nSPS) is 11.7. The van der Waals surface area contributed by atoms with Gasteiger partial charge in [-0.3, -0.25) is 0 Å². The fourth-order valence-electron chi connectivity index (χ4n) is 1.72. The largest absolute Gasteiger partial charge is 0.465 e. The van der Waals surface area contributed by atoms with Crippen LogP contribution in [0.2, 0.25) is 0 Å². The highest BCUT2D eigenvalue weighted by Crippen LogP contribution is 2.21. The van der Waals surface area contributed by atoms with E-state index in [2.05, 4.69) is 15.4 Å². The second-order valence-electron chi connectivity index (χ2n) is 4.58. The molecule has 0 aliphatic heterocycles. The maximum Gasteiger partial charge on any atom is 0.338 e. The molecule has 0 unspecified atom stereocenters. The average Bonchev–Trinajstić information content (AvgIpc) is 2.42. The summed E-state index contributed by atoms with van der Waals surface area (Å²) in [4.78, 5) is 23.2. The third-order valence-electron chi connectivity index (χ3n) is 2.81. The van der Waals surface area contributed by atoms with Crippen LogP contribution in [-0.2, 0) is 9.47 Å². The summed E-state index contributed by atoms with van der Waals surface area (Å²) in [6, 6.07) is 1.72. The quantitative estimate of drug-likeness (QED) is 0.816. The van der Waals surface area contributed by atoms with Crippen molar-refractivity contribution in [3.05, 3.63) is 29.1 Å². The molecule has 0 bridgehead atoms. The Morgan fingerprint density at radius 1 is 1.33 bits per heavy atom. The molecule has 1 aromatic carbocycles. The van der Waals surface area contributed by atoms with Crippen molar-refractivity contribution in [3.8, 4) is 0 Å². The number of halogens is 1. The molecule has 2 N–H and O–H groups in total. The van der Waals surface area contributed by atoms with Gasteiger partial charge in [-0.05, 0) is 26.0 Å². The van der Waals surface area contributed by atoms with Gasteiger partial charge in [-0.2, -0.15) is 0 Å². The number of nitrogens with one attached hydrogen (secondary N) is 2. The monoisotopic (exact) mass is 298 g/mol. The lowest BCUT2D eigenvalue weighted by atomic mass is 10.1. The highest BCUT2D eigenvalue weighted by molar-refractivity contribution is 5.94.